The Hall–Kier alpha value is -2.44. The lowest BCUT2D eigenvalue weighted by Crippen LogP contribution is -2.39. The van der Waals surface area contributed by atoms with Crippen LogP contribution in [-0.2, 0) is 4.79 Å². The lowest BCUT2D eigenvalue weighted by atomic mass is 9.85. The molecule has 0 unspecified atom stereocenters. The number of carbonyl (C=O) groups is 2. The standard InChI is InChI=1S/C18H22N4O3/c1-9-15-13(8-14(10-2-3-10)21-18(15)25-22-9)17(24)20-12-6-4-11(5-7-12)16(19)23/h8,10-12H,2-7H2,1H3,(H2,19,23)(H,20,24). The molecule has 2 heterocycles. The Labute approximate surface area is 145 Å². The highest BCUT2D eigenvalue weighted by atomic mass is 16.5. The summed E-state index contributed by atoms with van der Waals surface area (Å²) in [5.41, 5.74) is 7.97. The van der Waals surface area contributed by atoms with Gasteiger partial charge < -0.3 is 15.6 Å². The van der Waals surface area contributed by atoms with Gasteiger partial charge in [-0.3, -0.25) is 9.59 Å². The maximum Gasteiger partial charge on any atom is 0.259 e. The minimum atomic E-state index is -0.241. The number of aromatic nitrogens is 2. The zero-order chi connectivity index (χ0) is 17.6. The molecule has 0 radical (unpaired) electrons. The number of pyridine rings is 1. The third-order valence-corrected chi connectivity index (χ3v) is 5.34. The number of rotatable bonds is 4. The fraction of sp³-hybridized carbons (Fsp3) is 0.556. The topological polar surface area (TPSA) is 111 Å². The van der Waals surface area contributed by atoms with E-state index in [2.05, 4.69) is 15.5 Å². The van der Waals surface area contributed by atoms with Crippen LogP contribution in [0.25, 0.3) is 11.1 Å². The van der Waals surface area contributed by atoms with Crippen LogP contribution in [0.3, 0.4) is 0 Å². The van der Waals surface area contributed by atoms with E-state index in [4.69, 9.17) is 10.3 Å². The van der Waals surface area contributed by atoms with Crippen molar-refractivity contribution < 1.29 is 14.1 Å². The lowest BCUT2D eigenvalue weighted by Gasteiger charge is -2.27. The second-order valence-electron chi connectivity index (χ2n) is 7.24. The third-order valence-electron chi connectivity index (χ3n) is 5.34. The number of nitrogens with zero attached hydrogens (tertiary/aromatic N) is 2. The highest BCUT2D eigenvalue weighted by Crippen LogP contribution is 2.40. The number of hydrogen-bond acceptors (Lipinski definition) is 5. The number of nitrogens with two attached hydrogens (primary N) is 1. The molecule has 0 bridgehead atoms. The fourth-order valence-electron chi connectivity index (χ4n) is 3.67. The summed E-state index contributed by atoms with van der Waals surface area (Å²) in [5, 5.41) is 7.76. The van der Waals surface area contributed by atoms with Gasteiger partial charge >= 0.3 is 0 Å². The van der Waals surface area contributed by atoms with E-state index < -0.39 is 0 Å². The number of primary amides is 1. The molecule has 2 aromatic rings. The molecule has 2 saturated carbocycles. The van der Waals surface area contributed by atoms with Crippen molar-refractivity contribution in [3.05, 3.63) is 23.0 Å². The second kappa shape index (κ2) is 6.13. The zero-order valence-electron chi connectivity index (χ0n) is 14.2. The molecule has 25 heavy (non-hydrogen) atoms. The molecule has 0 saturated heterocycles. The normalized spacial score (nSPS) is 23.6. The van der Waals surface area contributed by atoms with E-state index >= 15 is 0 Å². The molecule has 2 aliphatic rings. The van der Waals surface area contributed by atoms with Crippen LogP contribution in [0.5, 0.6) is 0 Å². The molecule has 2 fully saturated rings. The van der Waals surface area contributed by atoms with Crippen molar-refractivity contribution in [2.45, 2.75) is 57.4 Å². The van der Waals surface area contributed by atoms with Crippen LogP contribution in [0.2, 0.25) is 0 Å². The first-order chi connectivity index (χ1) is 12.0. The van der Waals surface area contributed by atoms with Crippen LogP contribution in [0.4, 0.5) is 0 Å². The van der Waals surface area contributed by atoms with Gasteiger partial charge in [-0.15, -0.1) is 0 Å². The highest BCUT2D eigenvalue weighted by molar-refractivity contribution is 6.06. The quantitative estimate of drug-likeness (QED) is 0.884. The van der Waals surface area contributed by atoms with Gasteiger partial charge in [0.05, 0.1) is 16.6 Å². The van der Waals surface area contributed by atoms with E-state index in [0.717, 1.165) is 44.2 Å². The number of fused-ring (bicyclic) bond motifs is 1. The Morgan fingerprint density at radius 3 is 2.56 bits per heavy atom. The van der Waals surface area contributed by atoms with Crippen LogP contribution < -0.4 is 11.1 Å². The van der Waals surface area contributed by atoms with Crippen molar-refractivity contribution >= 4 is 22.9 Å². The molecule has 7 nitrogen and oxygen atoms in total. The van der Waals surface area contributed by atoms with Crippen molar-refractivity contribution in [1.82, 2.24) is 15.5 Å². The Kier molecular flexibility index (Phi) is 3.94. The summed E-state index contributed by atoms with van der Waals surface area (Å²) < 4.78 is 5.30. The third kappa shape index (κ3) is 3.10. The average Bonchev–Trinajstić information content (AvgIpc) is 3.38. The van der Waals surface area contributed by atoms with Gasteiger partial charge in [-0.25, -0.2) is 4.98 Å². The summed E-state index contributed by atoms with van der Waals surface area (Å²) in [7, 11) is 0. The molecule has 0 aromatic carbocycles. The monoisotopic (exact) mass is 342 g/mol. The minimum absolute atomic E-state index is 0.0656. The molecule has 0 spiro atoms. The molecule has 7 heteroatoms. The smallest absolute Gasteiger partial charge is 0.259 e. The number of hydrogen-bond donors (Lipinski definition) is 2. The molecule has 2 aromatic heterocycles. The number of amides is 2. The summed E-state index contributed by atoms with van der Waals surface area (Å²) in [4.78, 5) is 28.7. The van der Waals surface area contributed by atoms with Gasteiger partial charge in [0, 0.05) is 23.6 Å². The summed E-state index contributed by atoms with van der Waals surface area (Å²) >= 11 is 0. The van der Waals surface area contributed by atoms with Crippen LogP contribution in [0, 0.1) is 12.8 Å². The zero-order valence-corrected chi connectivity index (χ0v) is 14.2. The Balaban J connectivity index is 1.55. The maximum absolute atomic E-state index is 12.9. The van der Waals surface area contributed by atoms with Gasteiger partial charge in [0.2, 0.25) is 5.91 Å². The van der Waals surface area contributed by atoms with Gasteiger partial charge in [-0.1, -0.05) is 5.16 Å². The Morgan fingerprint density at radius 1 is 1.20 bits per heavy atom. The molecule has 2 amide bonds. The van der Waals surface area contributed by atoms with E-state index in [9.17, 15) is 9.59 Å². The molecule has 132 valence electrons. The van der Waals surface area contributed by atoms with E-state index in [1.54, 1.807) is 0 Å². The predicted molar refractivity (Wildman–Crippen MR) is 90.9 cm³/mol. The summed E-state index contributed by atoms with van der Waals surface area (Å²) in [5.74, 6) is -0.00662. The lowest BCUT2D eigenvalue weighted by molar-refractivity contribution is -0.122. The molecular weight excluding hydrogens is 320 g/mol. The Morgan fingerprint density at radius 2 is 1.92 bits per heavy atom. The summed E-state index contributed by atoms with van der Waals surface area (Å²) in [6, 6.07) is 1.95. The summed E-state index contributed by atoms with van der Waals surface area (Å²) in [6.45, 7) is 1.82. The number of aryl methyl sites for hydroxylation is 1. The molecule has 0 aliphatic heterocycles. The first-order valence-electron chi connectivity index (χ1n) is 8.90. The van der Waals surface area contributed by atoms with Gasteiger partial charge in [0.15, 0.2) is 0 Å². The summed E-state index contributed by atoms with van der Waals surface area (Å²) in [6.07, 6.45) is 5.20. The van der Waals surface area contributed by atoms with Crippen molar-refractivity contribution in [2.75, 3.05) is 0 Å². The molecular formula is C18H22N4O3. The van der Waals surface area contributed by atoms with Crippen LogP contribution in [0.15, 0.2) is 10.6 Å². The van der Waals surface area contributed by atoms with Crippen molar-refractivity contribution in [3.63, 3.8) is 0 Å². The maximum atomic E-state index is 12.9. The van der Waals surface area contributed by atoms with Gasteiger partial charge in [0.1, 0.15) is 0 Å². The predicted octanol–water partition coefficient (Wildman–Crippen LogP) is 2.18. The number of nitrogens with one attached hydrogen (secondary N) is 1. The van der Waals surface area contributed by atoms with Crippen LogP contribution >= 0.6 is 0 Å². The fourth-order valence-corrected chi connectivity index (χ4v) is 3.67. The molecule has 3 N–H and O–H groups in total. The highest BCUT2D eigenvalue weighted by Gasteiger charge is 2.30. The van der Waals surface area contributed by atoms with E-state index in [0.29, 0.717) is 28.3 Å². The minimum Gasteiger partial charge on any atom is -0.369 e. The van der Waals surface area contributed by atoms with Crippen molar-refractivity contribution in [2.24, 2.45) is 11.7 Å². The van der Waals surface area contributed by atoms with Crippen LogP contribution in [0.1, 0.15) is 66.2 Å². The van der Waals surface area contributed by atoms with E-state index in [-0.39, 0.29) is 23.8 Å². The van der Waals surface area contributed by atoms with Crippen molar-refractivity contribution in [1.29, 1.82) is 0 Å². The Bertz CT molecular complexity index is 832. The average molecular weight is 342 g/mol. The van der Waals surface area contributed by atoms with Crippen molar-refractivity contribution in [3.8, 4) is 0 Å². The van der Waals surface area contributed by atoms with Gasteiger partial charge in [0.25, 0.3) is 11.6 Å². The molecule has 2 aliphatic carbocycles. The molecule has 4 rings (SSSR count). The second-order valence-corrected chi connectivity index (χ2v) is 7.24. The van der Waals surface area contributed by atoms with E-state index in [1.165, 1.54) is 0 Å². The van der Waals surface area contributed by atoms with Gasteiger partial charge in [-0.2, -0.15) is 0 Å². The largest absolute Gasteiger partial charge is 0.369 e. The first kappa shape index (κ1) is 16.1. The SMILES string of the molecule is Cc1noc2nc(C3CC3)cc(C(=O)NC3CCC(C(N)=O)CC3)c12. The number of carbonyl (C=O) groups excluding carboxylic acids is 2. The van der Waals surface area contributed by atoms with Gasteiger partial charge in [-0.05, 0) is 51.5 Å². The van der Waals surface area contributed by atoms with E-state index in [1.807, 2.05) is 13.0 Å². The van der Waals surface area contributed by atoms with Crippen LogP contribution in [-0.4, -0.2) is 28.0 Å². The first-order valence-corrected chi connectivity index (χ1v) is 8.90. The molecule has 0 atom stereocenters.